The van der Waals surface area contributed by atoms with E-state index in [-0.39, 0.29) is 5.54 Å². The molecular weight excluding hydrogens is 386 g/mol. The highest BCUT2D eigenvalue weighted by atomic mass is 14.8. The van der Waals surface area contributed by atoms with Crippen molar-refractivity contribution in [2.45, 2.75) is 155 Å². The molecule has 1 unspecified atom stereocenters. The van der Waals surface area contributed by atoms with E-state index >= 15 is 0 Å². The second kappa shape index (κ2) is 19.6. The van der Waals surface area contributed by atoms with Gasteiger partial charge in [-0.15, -0.1) is 0 Å². The molecule has 1 atom stereocenters. The molecule has 0 radical (unpaired) electrons. The molecule has 0 aliphatic heterocycles. The second-order valence-electron chi connectivity index (χ2n) is 10.5. The maximum atomic E-state index is 7.07. The van der Waals surface area contributed by atoms with Gasteiger partial charge in [0.05, 0.1) is 0 Å². The Morgan fingerprint density at radius 2 is 1.03 bits per heavy atom. The lowest BCUT2D eigenvalue weighted by Gasteiger charge is -2.38. The van der Waals surface area contributed by atoms with Crippen LogP contribution in [-0.2, 0) is 6.42 Å². The Kier molecular flexibility index (Phi) is 17.9. The van der Waals surface area contributed by atoms with Crippen molar-refractivity contribution >= 4 is 0 Å². The van der Waals surface area contributed by atoms with E-state index in [0.717, 1.165) is 19.3 Å². The molecule has 0 amide bonds. The van der Waals surface area contributed by atoms with E-state index < -0.39 is 0 Å². The fourth-order valence-electron chi connectivity index (χ4n) is 5.54. The number of rotatable bonds is 22. The molecule has 1 nitrogen and oxygen atoms in total. The normalized spacial score (nSPS) is 12.9. The minimum atomic E-state index is 0.00980. The van der Waals surface area contributed by atoms with E-state index in [2.05, 4.69) is 51.1 Å². The SMILES string of the molecule is CCCCCCCCCCCCCCCCC(Cc1ccccc1)C(N)(CCC)CCC. The van der Waals surface area contributed by atoms with Crippen LogP contribution in [0.2, 0.25) is 0 Å². The highest BCUT2D eigenvalue weighted by molar-refractivity contribution is 5.16. The molecule has 0 aliphatic rings. The Morgan fingerprint density at radius 3 is 1.47 bits per heavy atom. The molecule has 1 rings (SSSR count). The van der Waals surface area contributed by atoms with Crippen LogP contribution >= 0.6 is 0 Å². The van der Waals surface area contributed by atoms with Crippen LogP contribution in [0.1, 0.15) is 148 Å². The van der Waals surface area contributed by atoms with E-state index in [9.17, 15) is 0 Å². The van der Waals surface area contributed by atoms with E-state index in [1.54, 1.807) is 0 Å². The Hall–Kier alpha value is -0.820. The van der Waals surface area contributed by atoms with Crippen LogP contribution in [0.5, 0.6) is 0 Å². The maximum absolute atomic E-state index is 7.07. The number of hydrogen-bond donors (Lipinski definition) is 1. The Bertz CT molecular complexity index is 502. The molecule has 32 heavy (non-hydrogen) atoms. The zero-order valence-electron chi connectivity index (χ0n) is 22.2. The third-order valence-corrected chi connectivity index (χ3v) is 7.48. The van der Waals surface area contributed by atoms with Crippen LogP contribution in [0, 0.1) is 5.92 Å². The first-order valence-corrected chi connectivity index (χ1v) is 14.5. The zero-order chi connectivity index (χ0) is 23.3. The molecule has 0 saturated carbocycles. The first-order chi connectivity index (χ1) is 15.7. The van der Waals surface area contributed by atoms with Gasteiger partial charge in [-0.05, 0) is 37.2 Å². The molecular formula is C31H57N. The molecule has 0 heterocycles. The van der Waals surface area contributed by atoms with Crippen LogP contribution in [0.3, 0.4) is 0 Å². The van der Waals surface area contributed by atoms with Gasteiger partial charge in [0.1, 0.15) is 0 Å². The van der Waals surface area contributed by atoms with Crippen LogP contribution in [0.15, 0.2) is 30.3 Å². The van der Waals surface area contributed by atoms with Crippen molar-refractivity contribution in [1.29, 1.82) is 0 Å². The number of nitrogens with two attached hydrogens (primary N) is 1. The number of hydrogen-bond acceptors (Lipinski definition) is 1. The van der Waals surface area contributed by atoms with Crippen LogP contribution < -0.4 is 5.73 Å². The van der Waals surface area contributed by atoms with Gasteiger partial charge in [0, 0.05) is 5.54 Å². The quantitative estimate of drug-likeness (QED) is 0.177. The minimum absolute atomic E-state index is 0.00980. The molecule has 0 aromatic heterocycles. The zero-order valence-corrected chi connectivity index (χ0v) is 22.2. The van der Waals surface area contributed by atoms with E-state index in [1.165, 1.54) is 115 Å². The van der Waals surface area contributed by atoms with Crippen molar-refractivity contribution in [3.05, 3.63) is 35.9 Å². The largest absolute Gasteiger partial charge is 0.325 e. The summed E-state index contributed by atoms with van der Waals surface area (Å²) in [5.74, 6) is 0.613. The molecule has 0 aliphatic carbocycles. The third-order valence-electron chi connectivity index (χ3n) is 7.48. The molecule has 1 heteroatoms. The average Bonchev–Trinajstić information content (AvgIpc) is 2.79. The molecule has 0 saturated heterocycles. The summed E-state index contributed by atoms with van der Waals surface area (Å²) >= 11 is 0. The van der Waals surface area contributed by atoms with Gasteiger partial charge in [-0.3, -0.25) is 0 Å². The van der Waals surface area contributed by atoms with E-state index in [4.69, 9.17) is 5.73 Å². The minimum Gasteiger partial charge on any atom is -0.325 e. The average molecular weight is 444 g/mol. The topological polar surface area (TPSA) is 26.0 Å². The van der Waals surface area contributed by atoms with Crippen molar-refractivity contribution < 1.29 is 0 Å². The van der Waals surface area contributed by atoms with Gasteiger partial charge >= 0.3 is 0 Å². The second-order valence-corrected chi connectivity index (χ2v) is 10.5. The van der Waals surface area contributed by atoms with Crippen molar-refractivity contribution in [2.24, 2.45) is 11.7 Å². The van der Waals surface area contributed by atoms with Crippen molar-refractivity contribution in [3.8, 4) is 0 Å². The van der Waals surface area contributed by atoms with Gasteiger partial charge in [-0.2, -0.15) is 0 Å². The molecule has 0 fully saturated rings. The van der Waals surface area contributed by atoms with Gasteiger partial charge in [-0.1, -0.05) is 154 Å². The first-order valence-electron chi connectivity index (χ1n) is 14.5. The summed E-state index contributed by atoms with van der Waals surface area (Å²) in [5.41, 5.74) is 8.54. The predicted octanol–water partition coefficient (Wildman–Crippen LogP) is 10.0. The predicted molar refractivity (Wildman–Crippen MR) is 145 cm³/mol. The lowest BCUT2D eigenvalue weighted by Crippen LogP contribution is -2.48. The molecule has 186 valence electrons. The molecule has 0 bridgehead atoms. The van der Waals surface area contributed by atoms with E-state index in [0.29, 0.717) is 5.92 Å². The summed E-state index contributed by atoms with van der Waals surface area (Å²) in [5, 5.41) is 0. The lowest BCUT2D eigenvalue weighted by atomic mass is 9.72. The summed E-state index contributed by atoms with van der Waals surface area (Å²) in [6.45, 7) is 6.89. The molecule has 0 spiro atoms. The lowest BCUT2D eigenvalue weighted by molar-refractivity contribution is 0.211. The van der Waals surface area contributed by atoms with Gasteiger partial charge < -0.3 is 5.73 Å². The van der Waals surface area contributed by atoms with Crippen LogP contribution in [-0.4, -0.2) is 5.54 Å². The highest BCUT2D eigenvalue weighted by Gasteiger charge is 2.32. The summed E-state index contributed by atoms with van der Waals surface area (Å²) in [7, 11) is 0. The van der Waals surface area contributed by atoms with Crippen LogP contribution in [0.25, 0.3) is 0 Å². The molecule has 1 aromatic rings. The standard InChI is InChI=1S/C31H57N/c1-4-7-8-9-10-11-12-13-14-15-16-17-18-22-25-30(28-29-23-20-19-21-24-29)31(32,26-5-2)27-6-3/h19-21,23-24,30H,4-18,22,25-28,32H2,1-3H3. The summed E-state index contributed by atoms with van der Waals surface area (Å²) < 4.78 is 0. The maximum Gasteiger partial charge on any atom is 0.0185 e. The van der Waals surface area contributed by atoms with E-state index in [1.807, 2.05) is 0 Å². The van der Waals surface area contributed by atoms with Crippen LogP contribution in [0.4, 0.5) is 0 Å². The summed E-state index contributed by atoms with van der Waals surface area (Å²) in [6, 6.07) is 11.1. The van der Waals surface area contributed by atoms with Crippen molar-refractivity contribution in [3.63, 3.8) is 0 Å². The van der Waals surface area contributed by atoms with Gasteiger partial charge in [0.25, 0.3) is 0 Å². The first kappa shape index (κ1) is 29.2. The smallest absolute Gasteiger partial charge is 0.0185 e. The van der Waals surface area contributed by atoms with Crippen molar-refractivity contribution in [1.82, 2.24) is 0 Å². The van der Waals surface area contributed by atoms with Gasteiger partial charge in [-0.25, -0.2) is 0 Å². The monoisotopic (exact) mass is 443 g/mol. The third kappa shape index (κ3) is 13.7. The van der Waals surface area contributed by atoms with Gasteiger partial charge in [0.2, 0.25) is 0 Å². The fraction of sp³-hybridized carbons (Fsp3) is 0.806. The molecule has 1 aromatic carbocycles. The fourth-order valence-corrected chi connectivity index (χ4v) is 5.54. The van der Waals surface area contributed by atoms with Crippen molar-refractivity contribution in [2.75, 3.05) is 0 Å². The Balaban J connectivity index is 2.24. The summed E-state index contributed by atoms with van der Waals surface area (Å²) in [4.78, 5) is 0. The van der Waals surface area contributed by atoms with Gasteiger partial charge in [0.15, 0.2) is 0 Å². The molecule has 2 N–H and O–H groups in total. The Morgan fingerprint density at radius 1 is 0.594 bits per heavy atom. The number of unbranched alkanes of at least 4 members (excludes halogenated alkanes) is 13. The highest BCUT2D eigenvalue weighted by Crippen LogP contribution is 2.33. The summed E-state index contributed by atoms with van der Waals surface area (Å²) in [6.07, 6.45) is 27.2. The number of benzene rings is 1. The Labute approximate surface area is 202 Å².